The largest absolute Gasteiger partial charge is 0.494 e. The molecule has 4 rings (SSSR count). The Hall–Kier alpha value is -2.39. The van der Waals surface area contributed by atoms with Crippen LogP contribution in [0.3, 0.4) is 0 Å². The number of methoxy groups -OCH3 is 1. The molecule has 178 valence electrons. The predicted octanol–water partition coefficient (Wildman–Crippen LogP) is 4.17. The van der Waals surface area contributed by atoms with Gasteiger partial charge in [0.25, 0.3) is 5.91 Å². The number of para-hydroxylation sites is 1. The van der Waals surface area contributed by atoms with Crippen LogP contribution in [0.2, 0.25) is 0 Å². The number of amides is 1. The number of hydrogen-bond acceptors (Lipinski definition) is 7. The Morgan fingerprint density at radius 1 is 1.18 bits per heavy atom. The van der Waals surface area contributed by atoms with E-state index in [-0.39, 0.29) is 24.9 Å². The first-order valence-corrected chi connectivity index (χ1v) is 11.7. The fourth-order valence-electron chi connectivity index (χ4n) is 3.72. The summed E-state index contributed by atoms with van der Waals surface area (Å²) < 4.78 is 17.7. The van der Waals surface area contributed by atoms with Crippen molar-refractivity contribution in [2.45, 2.75) is 13.3 Å². The number of aryl methyl sites for hydroxylation is 1. The van der Waals surface area contributed by atoms with E-state index in [2.05, 4.69) is 4.90 Å². The molecule has 1 saturated heterocycles. The monoisotopic (exact) mass is 491 g/mol. The van der Waals surface area contributed by atoms with Gasteiger partial charge in [-0.05, 0) is 37.1 Å². The maximum Gasteiger partial charge on any atom is 0.266 e. The predicted molar refractivity (Wildman–Crippen MR) is 134 cm³/mol. The van der Waals surface area contributed by atoms with E-state index in [1.54, 1.807) is 12.0 Å². The van der Waals surface area contributed by atoms with Gasteiger partial charge in [-0.15, -0.1) is 12.4 Å². The number of fused-ring (bicyclic) bond motifs is 1. The van der Waals surface area contributed by atoms with Crippen molar-refractivity contribution in [3.05, 3.63) is 48.0 Å². The lowest BCUT2D eigenvalue weighted by molar-refractivity contribution is -0.120. The number of thiazole rings is 1. The van der Waals surface area contributed by atoms with Crippen LogP contribution in [0.25, 0.3) is 10.2 Å². The van der Waals surface area contributed by atoms with E-state index < -0.39 is 0 Å². The normalized spacial score (nSPS) is 14.0. The third-order valence-corrected chi connectivity index (χ3v) is 6.72. The van der Waals surface area contributed by atoms with Crippen molar-refractivity contribution >= 4 is 45.0 Å². The Morgan fingerprint density at radius 3 is 2.67 bits per heavy atom. The molecule has 1 fully saturated rings. The summed E-state index contributed by atoms with van der Waals surface area (Å²) in [5, 5.41) is 0.677. The number of rotatable bonds is 9. The Balaban J connectivity index is 0.00000306. The second-order valence-electron chi connectivity index (χ2n) is 7.71. The molecular weight excluding hydrogens is 462 g/mol. The van der Waals surface area contributed by atoms with Crippen LogP contribution < -0.4 is 14.4 Å². The van der Waals surface area contributed by atoms with Crippen LogP contribution in [0.5, 0.6) is 11.5 Å². The van der Waals surface area contributed by atoms with Gasteiger partial charge < -0.3 is 14.2 Å². The summed E-state index contributed by atoms with van der Waals surface area (Å²) in [6, 6.07) is 13.3. The number of halogens is 1. The Bertz CT molecular complexity index is 1040. The number of anilines is 1. The Kier molecular flexibility index (Phi) is 9.31. The average Bonchev–Trinajstić information content (AvgIpc) is 3.28. The van der Waals surface area contributed by atoms with Gasteiger partial charge in [0.05, 0.1) is 25.0 Å². The van der Waals surface area contributed by atoms with Crippen LogP contribution in [0, 0.1) is 6.92 Å². The topological polar surface area (TPSA) is 64.1 Å². The zero-order valence-electron chi connectivity index (χ0n) is 19.0. The first-order valence-electron chi connectivity index (χ1n) is 10.9. The number of carbonyl (C=O) groups is 1. The van der Waals surface area contributed by atoms with Crippen LogP contribution in [-0.2, 0) is 9.53 Å². The van der Waals surface area contributed by atoms with Gasteiger partial charge in [-0.2, -0.15) is 0 Å². The molecule has 7 nitrogen and oxygen atoms in total. The maximum atomic E-state index is 13.2. The third kappa shape index (κ3) is 6.35. The fourth-order valence-corrected chi connectivity index (χ4v) is 4.82. The molecule has 9 heteroatoms. The molecule has 2 aromatic carbocycles. The zero-order chi connectivity index (χ0) is 22.3. The number of ether oxygens (including phenoxy) is 3. The number of nitrogens with zero attached hydrogens (tertiary/aromatic N) is 3. The van der Waals surface area contributed by atoms with Crippen molar-refractivity contribution < 1.29 is 19.0 Å². The van der Waals surface area contributed by atoms with E-state index in [4.69, 9.17) is 19.2 Å². The smallest absolute Gasteiger partial charge is 0.266 e. The molecule has 0 aliphatic carbocycles. The minimum Gasteiger partial charge on any atom is -0.494 e. The van der Waals surface area contributed by atoms with Crippen LogP contribution in [0.15, 0.2) is 42.5 Å². The first kappa shape index (κ1) is 25.2. The first-order chi connectivity index (χ1) is 15.7. The molecule has 0 N–H and O–H groups in total. The average molecular weight is 492 g/mol. The number of benzene rings is 2. The zero-order valence-corrected chi connectivity index (χ0v) is 20.6. The quantitative estimate of drug-likeness (QED) is 0.447. The summed E-state index contributed by atoms with van der Waals surface area (Å²) in [6.07, 6.45) is 0.850. The highest BCUT2D eigenvalue weighted by atomic mass is 35.5. The van der Waals surface area contributed by atoms with Gasteiger partial charge in [0.2, 0.25) is 0 Å². The third-order valence-electron chi connectivity index (χ3n) is 5.51. The van der Waals surface area contributed by atoms with Crippen molar-refractivity contribution in [2.24, 2.45) is 0 Å². The van der Waals surface area contributed by atoms with Crippen LogP contribution in [0.4, 0.5) is 5.13 Å². The number of carbonyl (C=O) groups excluding carboxylic acids is 1. The van der Waals surface area contributed by atoms with Crippen LogP contribution in [-0.4, -0.2) is 68.9 Å². The second kappa shape index (κ2) is 12.2. The van der Waals surface area contributed by atoms with Gasteiger partial charge in [0.15, 0.2) is 11.7 Å². The molecule has 0 unspecified atom stereocenters. The van der Waals surface area contributed by atoms with Crippen LogP contribution >= 0.6 is 23.7 Å². The van der Waals surface area contributed by atoms with E-state index in [0.29, 0.717) is 23.2 Å². The molecule has 1 aliphatic rings. The van der Waals surface area contributed by atoms with Gasteiger partial charge >= 0.3 is 0 Å². The summed E-state index contributed by atoms with van der Waals surface area (Å²) in [6.45, 7) is 6.91. The number of hydrogen-bond donors (Lipinski definition) is 0. The van der Waals surface area contributed by atoms with Crippen molar-refractivity contribution in [2.75, 3.05) is 58.0 Å². The van der Waals surface area contributed by atoms with Gasteiger partial charge in [-0.1, -0.05) is 35.6 Å². The minimum atomic E-state index is -0.105. The highest BCUT2D eigenvalue weighted by molar-refractivity contribution is 7.22. The molecule has 3 aromatic rings. The fraction of sp³-hybridized carbons (Fsp3) is 0.417. The summed E-state index contributed by atoms with van der Waals surface area (Å²) in [7, 11) is 1.64. The lowest BCUT2D eigenvalue weighted by Gasteiger charge is -2.27. The number of aromatic nitrogens is 1. The molecule has 0 atom stereocenters. The summed E-state index contributed by atoms with van der Waals surface area (Å²) in [5.74, 6) is 1.29. The van der Waals surface area contributed by atoms with E-state index in [1.165, 1.54) is 11.3 Å². The molecule has 0 radical (unpaired) electrons. The molecule has 0 bridgehead atoms. The standard InChI is InChI=1S/C24H29N3O4S.ClH/c1-18-9-10-20(29-2)22-23(18)32-24(25-22)27(12-6-11-26-13-15-30-16-14-26)21(28)17-31-19-7-4-3-5-8-19;/h3-5,7-10H,6,11-17H2,1-2H3;1H. The van der Waals surface area contributed by atoms with Crippen molar-refractivity contribution in [1.29, 1.82) is 0 Å². The molecule has 33 heavy (non-hydrogen) atoms. The van der Waals surface area contributed by atoms with Gasteiger partial charge in [0.1, 0.15) is 17.0 Å². The lowest BCUT2D eigenvalue weighted by Crippen LogP contribution is -2.40. The summed E-state index contributed by atoms with van der Waals surface area (Å²) >= 11 is 1.52. The summed E-state index contributed by atoms with van der Waals surface area (Å²) in [5.41, 5.74) is 1.91. The van der Waals surface area contributed by atoms with Crippen molar-refractivity contribution in [3.63, 3.8) is 0 Å². The summed E-state index contributed by atoms with van der Waals surface area (Å²) in [4.78, 5) is 22.1. The Labute approximate surface area is 204 Å². The number of morpholine rings is 1. The molecule has 2 heterocycles. The minimum absolute atomic E-state index is 0. The molecular formula is C24H30ClN3O4S. The molecule has 1 aliphatic heterocycles. The van der Waals surface area contributed by atoms with Crippen LogP contribution in [0.1, 0.15) is 12.0 Å². The highest BCUT2D eigenvalue weighted by Gasteiger charge is 2.22. The maximum absolute atomic E-state index is 13.2. The van der Waals surface area contributed by atoms with Gasteiger partial charge in [-0.25, -0.2) is 4.98 Å². The molecule has 1 amide bonds. The van der Waals surface area contributed by atoms with Crippen molar-refractivity contribution in [3.8, 4) is 11.5 Å². The highest BCUT2D eigenvalue weighted by Crippen LogP contribution is 2.36. The van der Waals surface area contributed by atoms with E-state index in [0.717, 1.165) is 55.0 Å². The Morgan fingerprint density at radius 2 is 1.94 bits per heavy atom. The molecule has 0 saturated carbocycles. The lowest BCUT2D eigenvalue weighted by atomic mass is 10.2. The molecule has 1 aromatic heterocycles. The molecule has 0 spiro atoms. The van der Waals surface area contributed by atoms with E-state index >= 15 is 0 Å². The van der Waals surface area contributed by atoms with Crippen molar-refractivity contribution in [1.82, 2.24) is 9.88 Å². The van der Waals surface area contributed by atoms with E-state index in [1.807, 2.05) is 49.4 Å². The van der Waals surface area contributed by atoms with Gasteiger partial charge in [0, 0.05) is 26.2 Å². The SMILES string of the molecule is COc1ccc(C)c2sc(N(CCCN3CCOCC3)C(=O)COc3ccccc3)nc12.Cl. The second-order valence-corrected chi connectivity index (χ2v) is 8.69. The van der Waals surface area contributed by atoms with Gasteiger partial charge in [-0.3, -0.25) is 14.6 Å². The van der Waals surface area contributed by atoms with E-state index in [9.17, 15) is 4.79 Å².